The number of hydrogen-bond acceptors (Lipinski definition) is 4. The van der Waals surface area contributed by atoms with Crippen LogP contribution < -0.4 is 10.1 Å². The number of ether oxygens (including phenoxy) is 1. The van der Waals surface area contributed by atoms with Crippen LogP contribution in [0.2, 0.25) is 5.02 Å². The molecule has 0 saturated carbocycles. The fourth-order valence-corrected chi connectivity index (χ4v) is 1.71. The third kappa shape index (κ3) is 6.25. The summed E-state index contributed by atoms with van der Waals surface area (Å²) in [5.41, 5.74) is 0. The van der Waals surface area contributed by atoms with Gasteiger partial charge >= 0.3 is 0 Å². The minimum atomic E-state index is -0.622. The van der Waals surface area contributed by atoms with Crippen molar-refractivity contribution < 1.29 is 14.9 Å². The van der Waals surface area contributed by atoms with Crippen molar-refractivity contribution in [2.75, 3.05) is 19.8 Å². The Labute approximate surface area is 119 Å². The second-order valence-corrected chi connectivity index (χ2v) is 5.30. The van der Waals surface area contributed by atoms with Gasteiger partial charge in [-0.2, -0.15) is 0 Å². The molecule has 0 fully saturated rings. The second-order valence-electron chi connectivity index (χ2n) is 4.86. The molecule has 2 unspecified atom stereocenters. The van der Waals surface area contributed by atoms with E-state index < -0.39 is 6.10 Å². The van der Waals surface area contributed by atoms with Gasteiger partial charge in [-0.3, -0.25) is 0 Å². The van der Waals surface area contributed by atoms with Crippen LogP contribution in [0.25, 0.3) is 0 Å². The number of aliphatic hydroxyl groups is 2. The lowest BCUT2D eigenvalue weighted by Gasteiger charge is -2.22. The number of nitrogens with one attached hydrogen (secondary N) is 1. The summed E-state index contributed by atoms with van der Waals surface area (Å²) in [6, 6.07) is 6.98. The summed E-state index contributed by atoms with van der Waals surface area (Å²) in [7, 11) is 0. The van der Waals surface area contributed by atoms with Gasteiger partial charge in [-0.15, -0.1) is 0 Å². The monoisotopic (exact) mass is 287 g/mol. The van der Waals surface area contributed by atoms with Gasteiger partial charge in [-0.05, 0) is 30.2 Å². The van der Waals surface area contributed by atoms with E-state index in [0.717, 1.165) is 0 Å². The maximum Gasteiger partial charge on any atom is 0.119 e. The number of benzene rings is 1. The number of rotatable bonds is 8. The third-order valence-corrected chi connectivity index (χ3v) is 3.13. The van der Waals surface area contributed by atoms with Crippen LogP contribution in [0.5, 0.6) is 5.75 Å². The van der Waals surface area contributed by atoms with Gasteiger partial charge in [0.25, 0.3) is 0 Å². The van der Waals surface area contributed by atoms with Gasteiger partial charge < -0.3 is 20.3 Å². The zero-order valence-electron chi connectivity index (χ0n) is 11.3. The topological polar surface area (TPSA) is 61.7 Å². The van der Waals surface area contributed by atoms with Crippen molar-refractivity contribution in [3.63, 3.8) is 0 Å². The van der Waals surface area contributed by atoms with Gasteiger partial charge in [0.1, 0.15) is 18.5 Å². The summed E-state index contributed by atoms with van der Waals surface area (Å²) >= 11 is 5.77. The van der Waals surface area contributed by atoms with Crippen LogP contribution in [-0.4, -0.2) is 42.1 Å². The Balaban J connectivity index is 2.27. The van der Waals surface area contributed by atoms with Crippen LogP contribution in [0, 0.1) is 5.92 Å². The first-order valence-electron chi connectivity index (χ1n) is 6.43. The largest absolute Gasteiger partial charge is 0.491 e. The van der Waals surface area contributed by atoms with E-state index in [4.69, 9.17) is 21.4 Å². The first kappa shape index (κ1) is 16.2. The molecular weight excluding hydrogens is 266 g/mol. The number of aliphatic hydroxyl groups excluding tert-OH is 2. The zero-order chi connectivity index (χ0) is 14.3. The Kier molecular flexibility index (Phi) is 7.16. The van der Waals surface area contributed by atoms with E-state index in [1.807, 2.05) is 13.8 Å². The maximum atomic E-state index is 9.80. The zero-order valence-corrected chi connectivity index (χ0v) is 12.1. The number of halogens is 1. The molecule has 0 aliphatic rings. The molecular formula is C14H22ClNO3. The van der Waals surface area contributed by atoms with Crippen LogP contribution in [0.4, 0.5) is 0 Å². The fraction of sp³-hybridized carbons (Fsp3) is 0.571. The van der Waals surface area contributed by atoms with Crippen molar-refractivity contribution in [3.05, 3.63) is 29.3 Å². The average Bonchev–Trinajstić information content (AvgIpc) is 2.38. The highest BCUT2D eigenvalue weighted by Crippen LogP contribution is 2.15. The average molecular weight is 288 g/mol. The molecule has 2 atom stereocenters. The molecule has 3 N–H and O–H groups in total. The number of hydrogen-bond donors (Lipinski definition) is 3. The van der Waals surface area contributed by atoms with E-state index >= 15 is 0 Å². The third-order valence-electron chi connectivity index (χ3n) is 2.87. The SMILES string of the molecule is CC(C)C(CO)NCC(O)COc1ccc(Cl)cc1. The summed E-state index contributed by atoms with van der Waals surface area (Å²) in [6.07, 6.45) is -0.622. The van der Waals surface area contributed by atoms with E-state index in [1.54, 1.807) is 24.3 Å². The lowest BCUT2D eigenvalue weighted by Crippen LogP contribution is -2.42. The van der Waals surface area contributed by atoms with E-state index in [0.29, 0.717) is 23.2 Å². The molecule has 0 spiro atoms. The summed E-state index contributed by atoms with van der Waals surface area (Å²) in [4.78, 5) is 0. The molecule has 108 valence electrons. The molecule has 0 radical (unpaired) electrons. The highest BCUT2D eigenvalue weighted by atomic mass is 35.5. The van der Waals surface area contributed by atoms with Gasteiger partial charge in [0.2, 0.25) is 0 Å². The molecule has 0 bridgehead atoms. The van der Waals surface area contributed by atoms with Gasteiger partial charge in [0.15, 0.2) is 0 Å². The van der Waals surface area contributed by atoms with Crippen molar-refractivity contribution in [2.24, 2.45) is 5.92 Å². The minimum Gasteiger partial charge on any atom is -0.491 e. The molecule has 1 rings (SSSR count). The Morgan fingerprint density at radius 1 is 1.26 bits per heavy atom. The standard InChI is InChI=1S/C14H22ClNO3/c1-10(2)14(8-17)16-7-12(18)9-19-13-5-3-11(15)4-6-13/h3-6,10,12,14,16-18H,7-9H2,1-2H3. The quantitative estimate of drug-likeness (QED) is 0.681. The minimum absolute atomic E-state index is 0.00909. The maximum absolute atomic E-state index is 9.80. The molecule has 0 saturated heterocycles. The smallest absolute Gasteiger partial charge is 0.119 e. The Morgan fingerprint density at radius 3 is 2.42 bits per heavy atom. The predicted octanol–water partition coefficient (Wildman–Crippen LogP) is 1.69. The van der Waals surface area contributed by atoms with Crippen molar-refractivity contribution in [1.29, 1.82) is 0 Å². The lowest BCUT2D eigenvalue weighted by atomic mass is 10.1. The van der Waals surface area contributed by atoms with Gasteiger partial charge in [-0.1, -0.05) is 25.4 Å². The Hall–Kier alpha value is -0.810. The highest BCUT2D eigenvalue weighted by molar-refractivity contribution is 6.30. The van der Waals surface area contributed by atoms with Gasteiger partial charge in [0, 0.05) is 17.6 Å². The summed E-state index contributed by atoms with van der Waals surface area (Å²) in [6.45, 7) is 4.68. The molecule has 5 heteroatoms. The highest BCUT2D eigenvalue weighted by Gasteiger charge is 2.13. The first-order valence-corrected chi connectivity index (χ1v) is 6.81. The van der Waals surface area contributed by atoms with Crippen LogP contribution in [0.15, 0.2) is 24.3 Å². The normalized spacial score (nSPS) is 14.4. The molecule has 0 heterocycles. The fourth-order valence-electron chi connectivity index (χ4n) is 1.58. The summed E-state index contributed by atoms with van der Waals surface area (Å²) in [5.74, 6) is 0.986. The molecule has 4 nitrogen and oxygen atoms in total. The van der Waals surface area contributed by atoms with Gasteiger partial charge in [-0.25, -0.2) is 0 Å². The molecule has 0 aliphatic carbocycles. The summed E-state index contributed by atoms with van der Waals surface area (Å²) in [5, 5.41) is 22.7. The van der Waals surface area contributed by atoms with E-state index in [9.17, 15) is 5.11 Å². The van der Waals surface area contributed by atoms with Crippen molar-refractivity contribution >= 4 is 11.6 Å². The van der Waals surface area contributed by atoms with Crippen LogP contribution in [0.1, 0.15) is 13.8 Å². The molecule has 1 aromatic rings. The predicted molar refractivity (Wildman–Crippen MR) is 76.7 cm³/mol. The van der Waals surface area contributed by atoms with Crippen LogP contribution in [-0.2, 0) is 0 Å². The first-order chi connectivity index (χ1) is 9.02. The molecule has 19 heavy (non-hydrogen) atoms. The van der Waals surface area contributed by atoms with Crippen molar-refractivity contribution in [1.82, 2.24) is 5.32 Å². The van der Waals surface area contributed by atoms with Gasteiger partial charge in [0.05, 0.1) is 6.61 Å². The Bertz CT molecular complexity index is 356. The molecule has 1 aromatic carbocycles. The van der Waals surface area contributed by atoms with Crippen molar-refractivity contribution in [2.45, 2.75) is 26.0 Å². The van der Waals surface area contributed by atoms with E-state index in [2.05, 4.69) is 5.32 Å². The van der Waals surface area contributed by atoms with Crippen molar-refractivity contribution in [3.8, 4) is 5.75 Å². The summed E-state index contributed by atoms with van der Waals surface area (Å²) < 4.78 is 5.44. The molecule has 0 aliphatic heterocycles. The van der Waals surface area contributed by atoms with E-state index in [1.165, 1.54) is 0 Å². The molecule has 0 amide bonds. The lowest BCUT2D eigenvalue weighted by molar-refractivity contribution is 0.0962. The van der Waals surface area contributed by atoms with E-state index in [-0.39, 0.29) is 19.3 Å². The van der Waals surface area contributed by atoms with Crippen LogP contribution >= 0.6 is 11.6 Å². The molecule has 0 aromatic heterocycles. The second kappa shape index (κ2) is 8.38. The Morgan fingerprint density at radius 2 is 1.89 bits per heavy atom. The van der Waals surface area contributed by atoms with Crippen LogP contribution in [0.3, 0.4) is 0 Å².